The number of aromatic nitrogens is 1. The van der Waals surface area contributed by atoms with Crippen LogP contribution in [0.5, 0.6) is 0 Å². The van der Waals surface area contributed by atoms with Crippen LogP contribution >= 0.6 is 23.6 Å². The van der Waals surface area contributed by atoms with Gasteiger partial charge in [0.2, 0.25) is 0 Å². The molecule has 0 saturated heterocycles. The standard InChI is InChI=1S/C23H19N3OS2/c1-14-11-12-16(13-15(14)2)21(27)26-23(28)25-18-8-4-3-7-17(18)22-24-19-9-5-6-10-20(19)29-22/h3-13H,1-2H3,(H2,25,26,27,28). The molecule has 0 fully saturated rings. The summed E-state index contributed by atoms with van der Waals surface area (Å²) in [5.74, 6) is -0.233. The highest BCUT2D eigenvalue weighted by atomic mass is 32.1. The molecular weight excluding hydrogens is 398 g/mol. The number of aryl methyl sites for hydroxylation is 2. The molecule has 144 valence electrons. The van der Waals surface area contributed by atoms with Crippen LogP contribution in [-0.2, 0) is 0 Å². The Morgan fingerprint density at radius 1 is 0.966 bits per heavy atom. The lowest BCUT2D eigenvalue weighted by molar-refractivity contribution is 0.0977. The Kier molecular flexibility index (Phi) is 5.38. The zero-order chi connectivity index (χ0) is 20.4. The van der Waals surface area contributed by atoms with Gasteiger partial charge < -0.3 is 5.32 Å². The smallest absolute Gasteiger partial charge is 0.257 e. The maximum absolute atomic E-state index is 12.5. The second kappa shape index (κ2) is 8.11. The lowest BCUT2D eigenvalue weighted by atomic mass is 10.1. The molecule has 6 heteroatoms. The normalized spacial score (nSPS) is 10.7. The topological polar surface area (TPSA) is 54.0 Å². The number of hydrogen-bond acceptors (Lipinski definition) is 4. The molecule has 0 atom stereocenters. The summed E-state index contributed by atoms with van der Waals surface area (Å²) in [7, 11) is 0. The van der Waals surface area contributed by atoms with Crippen molar-refractivity contribution in [1.82, 2.24) is 10.3 Å². The van der Waals surface area contributed by atoms with Crippen LogP contribution in [0.2, 0.25) is 0 Å². The molecule has 1 amide bonds. The number of carbonyl (C=O) groups is 1. The highest BCUT2D eigenvalue weighted by molar-refractivity contribution is 7.80. The number of nitrogens with zero attached hydrogens (tertiary/aromatic N) is 1. The summed E-state index contributed by atoms with van der Waals surface area (Å²) < 4.78 is 1.13. The molecule has 4 nitrogen and oxygen atoms in total. The van der Waals surface area contributed by atoms with Crippen molar-refractivity contribution in [1.29, 1.82) is 0 Å². The number of thiazole rings is 1. The molecule has 0 spiro atoms. The van der Waals surface area contributed by atoms with E-state index in [1.54, 1.807) is 17.4 Å². The van der Waals surface area contributed by atoms with Crippen molar-refractivity contribution in [3.8, 4) is 10.6 Å². The zero-order valence-corrected chi connectivity index (χ0v) is 17.7. The average molecular weight is 418 g/mol. The predicted octanol–water partition coefficient (Wildman–Crippen LogP) is 5.71. The fraction of sp³-hybridized carbons (Fsp3) is 0.0870. The molecule has 0 saturated carbocycles. The van der Waals surface area contributed by atoms with E-state index in [-0.39, 0.29) is 11.0 Å². The van der Waals surface area contributed by atoms with Crippen molar-refractivity contribution < 1.29 is 4.79 Å². The first kappa shape index (κ1) is 19.2. The molecule has 4 aromatic rings. The largest absolute Gasteiger partial charge is 0.332 e. The number of anilines is 1. The third-order valence-electron chi connectivity index (χ3n) is 4.70. The monoisotopic (exact) mass is 417 g/mol. The molecule has 4 rings (SSSR count). The van der Waals surface area contributed by atoms with E-state index in [0.29, 0.717) is 5.56 Å². The number of carbonyl (C=O) groups excluding carboxylic acids is 1. The Bertz CT molecular complexity index is 1200. The lowest BCUT2D eigenvalue weighted by Gasteiger charge is -2.13. The molecule has 1 aromatic heterocycles. The van der Waals surface area contributed by atoms with Gasteiger partial charge in [-0.3, -0.25) is 10.1 Å². The molecule has 0 radical (unpaired) electrons. The van der Waals surface area contributed by atoms with Gasteiger partial charge in [0.05, 0.1) is 15.9 Å². The Morgan fingerprint density at radius 2 is 1.72 bits per heavy atom. The minimum Gasteiger partial charge on any atom is -0.332 e. The van der Waals surface area contributed by atoms with Gasteiger partial charge in [-0.1, -0.05) is 30.3 Å². The third kappa shape index (κ3) is 4.18. The SMILES string of the molecule is Cc1ccc(C(=O)NC(=S)Nc2ccccc2-c2nc3ccccc3s2)cc1C. The summed E-state index contributed by atoms with van der Waals surface area (Å²) in [6, 6.07) is 21.4. The third-order valence-corrected chi connectivity index (χ3v) is 5.97. The van der Waals surface area contributed by atoms with Gasteiger partial charge >= 0.3 is 0 Å². The van der Waals surface area contributed by atoms with Crippen molar-refractivity contribution in [2.24, 2.45) is 0 Å². The fourth-order valence-electron chi connectivity index (χ4n) is 2.98. The van der Waals surface area contributed by atoms with E-state index < -0.39 is 0 Å². The van der Waals surface area contributed by atoms with Crippen molar-refractivity contribution in [2.75, 3.05) is 5.32 Å². The minimum atomic E-state index is -0.233. The van der Waals surface area contributed by atoms with Crippen LogP contribution in [-0.4, -0.2) is 16.0 Å². The van der Waals surface area contributed by atoms with Crippen molar-refractivity contribution >= 4 is 50.5 Å². The van der Waals surface area contributed by atoms with Crippen molar-refractivity contribution in [2.45, 2.75) is 13.8 Å². The second-order valence-corrected chi connectivity index (χ2v) is 8.18. The summed E-state index contributed by atoms with van der Waals surface area (Å²) in [5.41, 5.74) is 5.50. The van der Waals surface area contributed by atoms with Crippen molar-refractivity contribution in [3.63, 3.8) is 0 Å². The van der Waals surface area contributed by atoms with Crippen LogP contribution in [0.15, 0.2) is 66.7 Å². The Labute approximate surface area is 178 Å². The van der Waals surface area contributed by atoms with E-state index in [2.05, 4.69) is 16.7 Å². The van der Waals surface area contributed by atoms with Crippen LogP contribution < -0.4 is 10.6 Å². The van der Waals surface area contributed by atoms with E-state index in [1.165, 1.54) is 0 Å². The first-order chi connectivity index (χ1) is 14.0. The number of para-hydroxylation sites is 2. The van der Waals surface area contributed by atoms with Crippen LogP contribution in [0.1, 0.15) is 21.5 Å². The van der Waals surface area contributed by atoms with E-state index in [1.807, 2.05) is 68.4 Å². The number of hydrogen-bond donors (Lipinski definition) is 2. The molecule has 0 aliphatic rings. The molecule has 0 aliphatic heterocycles. The number of amides is 1. The summed E-state index contributed by atoms with van der Waals surface area (Å²) in [4.78, 5) is 17.3. The Morgan fingerprint density at radius 3 is 2.52 bits per heavy atom. The lowest BCUT2D eigenvalue weighted by Crippen LogP contribution is -2.34. The maximum Gasteiger partial charge on any atom is 0.257 e. The number of fused-ring (bicyclic) bond motifs is 1. The summed E-state index contributed by atoms with van der Waals surface area (Å²) >= 11 is 7.01. The maximum atomic E-state index is 12.5. The molecule has 0 bridgehead atoms. The minimum absolute atomic E-state index is 0.233. The van der Waals surface area contributed by atoms with Crippen LogP contribution in [0.25, 0.3) is 20.8 Å². The van der Waals surface area contributed by atoms with Gasteiger partial charge in [-0.25, -0.2) is 4.98 Å². The van der Waals surface area contributed by atoms with Gasteiger partial charge in [0.25, 0.3) is 5.91 Å². The molecule has 29 heavy (non-hydrogen) atoms. The van der Waals surface area contributed by atoms with Gasteiger partial charge in [-0.15, -0.1) is 11.3 Å². The highest BCUT2D eigenvalue weighted by Crippen LogP contribution is 2.34. The number of benzene rings is 3. The quantitative estimate of drug-likeness (QED) is 0.420. The highest BCUT2D eigenvalue weighted by Gasteiger charge is 2.13. The predicted molar refractivity (Wildman–Crippen MR) is 125 cm³/mol. The first-order valence-corrected chi connectivity index (χ1v) is 10.4. The Hall–Kier alpha value is -3.09. The van der Waals surface area contributed by atoms with Crippen LogP contribution in [0.4, 0.5) is 5.69 Å². The first-order valence-electron chi connectivity index (χ1n) is 9.16. The fourth-order valence-corrected chi connectivity index (χ4v) is 4.19. The number of rotatable bonds is 3. The molecule has 3 aromatic carbocycles. The van der Waals surface area contributed by atoms with Gasteiger partial charge in [0.15, 0.2) is 5.11 Å². The van der Waals surface area contributed by atoms with Gasteiger partial charge in [0.1, 0.15) is 5.01 Å². The molecule has 0 aliphatic carbocycles. The van der Waals surface area contributed by atoms with Crippen LogP contribution in [0, 0.1) is 13.8 Å². The molecular formula is C23H19N3OS2. The number of thiocarbonyl (C=S) groups is 1. The Balaban J connectivity index is 1.54. The summed E-state index contributed by atoms with van der Waals surface area (Å²) in [6.45, 7) is 4.00. The second-order valence-electron chi connectivity index (χ2n) is 6.74. The van der Waals surface area contributed by atoms with Gasteiger partial charge in [-0.05, 0) is 73.6 Å². The van der Waals surface area contributed by atoms with E-state index in [0.717, 1.165) is 37.6 Å². The summed E-state index contributed by atoms with van der Waals surface area (Å²) in [5, 5.41) is 7.06. The number of nitrogens with one attached hydrogen (secondary N) is 2. The molecule has 0 unspecified atom stereocenters. The van der Waals surface area contributed by atoms with E-state index in [9.17, 15) is 4.79 Å². The van der Waals surface area contributed by atoms with Gasteiger partial charge in [-0.2, -0.15) is 0 Å². The summed E-state index contributed by atoms with van der Waals surface area (Å²) in [6.07, 6.45) is 0. The molecule has 2 N–H and O–H groups in total. The van der Waals surface area contributed by atoms with Gasteiger partial charge in [0, 0.05) is 11.1 Å². The zero-order valence-electron chi connectivity index (χ0n) is 16.0. The molecule has 1 heterocycles. The van der Waals surface area contributed by atoms with Crippen LogP contribution in [0.3, 0.4) is 0 Å². The average Bonchev–Trinajstić information content (AvgIpc) is 3.14. The van der Waals surface area contributed by atoms with E-state index >= 15 is 0 Å². The van der Waals surface area contributed by atoms with Crippen molar-refractivity contribution in [3.05, 3.63) is 83.4 Å². The van der Waals surface area contributed by atoms with E-state index in [4.69, 9.17) is 17.2 Å².